The van der Waals surface area contributed by atoms with Gasteiger partial charge in [-0.05, 0) is 42.3 Å². The van der Waals surface area contributed by atoms with Crippen molar-refractivity contribution >= 4 is 44.8 Å². The molecule has 0 radical (unpaired) electrons. The molecule has 3 aromatic rings. The second kappa shape index (κ2) is 10.3. The van der Waals surface area contributed by atoms with E-state index in [0.717, 1.165) is 5.56 Å². The molecule has 0 saturated carbocycles. The molecule has 0 saturated heterocycles. The summed E-state index contributed by atoms with van der Waals surface area (Å²) in [4.78, 5) is 24.3. The Bertz CT molecular complexity index is 1230. The van der Waals surface area contributed by atoms with Crippen molar-refractivity contribution in [1.29, 1.82) is 0 Å². The van der Waals surface area contributed by atoms with Gasteiger partial charge in [0.1, 0.15) is 0 Å². The van der Waals surface area contributed by atoms with Gasteiger partial charge in [0, 0.05) is 5.69 Å². The number of aryl methyl sites for hydroxylation is 1. The van der Waals surface area contributed by atoms with Gasteiger partial charge in [0.15, 0.2) is 0 Å². The predicted molar refractivity (Wildman–Crippen MR) is 125 cm³/mol. The summed E-state index contributed by atoms with van der Waals surface area (Å²) >= 11 is 6.05. The van der Waals surface area contributed by atoms with Gasteiger partial charge in [0.2, 0.25) is 11.8 Å². The molecule has 0 aliphatic carbocycles. The fourth-order valence-electron chi connectivity index (χ4n) is 2.94. The molecule has 7 nitrogen and oxygen atoms in total. The normalized spacial score (nSPS) is 10.9. The molecule has 0 atom stereocenters. The molecular formula is C23H22ClN3O4S. The molecule has 2 amide bonds. The van der Waals surface area contributed by atoms with Crippen molar-refractivity contribution in [3.63, 3.8) is 0 Å². The first-order valence-corrected chi connectivity index (χ1v) is 11.6. The van der Waals surface area contributed by atoms with Crippen LogP contribution >= 0.6 is 11.6 Å². The van der Waals surface area contributed by atoms with Crippen molar-refractivity contribution in [2.75, 3.05) is 16.6 Å². The minimum Gasteiger partial charge on any atom is -0.347 e. The van der Waals surface area contributed by atoms with Crippen molar-refractivity contribution in [1.82, 2.24) is 5.32 Å². The van der Waals surface area contributed by atoms with E-state index in [-0.39, 0.29) is 40.2 Å². The van der Waals surface area contributed by atoms with E-state index in [1.165, 1.54) is 6.07 Å². The molecule has 0 aromatic heterocycles. The largest absolute Gasteiger partial charge is 0.347 e. The van der Waals surface area contributed by atoms with Crippen molar-refractivity contribution in [3.05, 3.63) is 88.9 Å². The molecule has 166 valence electrons. The molecule has 3 aromatic carbocycles. The third kappa shape index (κ3) is 6.32. The van der Waals surface area contributed by atoms with Gasteiger partial charge < -0.3 is 10.6 Å². The number of hydrogen-bond acceptors (Lipinski definition) is 4. The van der Waals surface area contributed by atoms with Crippen LogP contribution in [0.5, 0.6) is 0 Å². The third-order valence-electron chi connectivity index (χ3n) is 4.53. The Balaban J connectivity index is 1.64. The van der Waals surface area contributed by atoms with Crippen LogP contribution in [-0.4, -0.2) is 26.8 Å². The summed E-state index contributed by atoms with van der Waals surface area (Å²) in [5.74, 6) is -0.764. The van der Waals surface area contributed by atoms with Gasteiger partial charge in [0.25, 0.3) is 10.0 Å². The van der Waals surface area contributed by atoms with Crippen LogP contribution in [0.15, 0.2) is 77.7 Å². The van der Waals surface area contributed by atoms with E-state index in [4.69, 9.17) is 11.6 Å². The molecule has 9 heteroatoms. The van der Waals surface area contributed by atoms with Crippen molar-refractivity contribution < 1.29 is 18.0 Å². The van der Waals surface area contributed by atoms with Gasteiger partial charge in [-0.25, -0.2) is 8.42 Å². The van der Waals surface area contributed by atoms with Crippen LogP contribution in [0.3, 0.4) is 0 Å². The number of sulfonamides is 1. The van der Waals surface area contributed by atoms with E-state index in [1.54, 1.807) is 43.3 Å². The van der Waals surface area contributed by atoms with E-state index in [9.17, 15) is 18.0 Å². The number of rotatable bonds is 8. The number of halogens is 1. The lowest BCUT2D eigenvalue weighted by atomic mass is 10.1. The second-order valence-corrected chi connectivity index (χ2v) is 9.11. The lowest BCUT2D eigenvalue weighted by Crippen LogP contribution is -2.33. The molecule has 32 heavy (non-hydrogen) atoms. The molecule has 0 heterocycles. The topological polar surface area (TPSA) is 104 Å². The molecular weight excluding hydrogens is 450 g/mol. The van der Waals surface area contributed by atoms with Crippen LogP contribution in [0, 0.1) is 6.92 Å². The minimum atomic E-state index is -3.94. The first-order valence-electron chi connectivity index (χ1n) is 9.73. The lowest BCUT2D eigenvalue weighted by molar-refractivity contribution is -0.123. The van der Waals surface area contributed by atoms with Crippen LogP contribution in [0.2, 0.25) is 5.02 Å². The fraction of sp³-hybridized carbons (Fsp3) is 0.130. The summed E-state index contributed by atoms with van der Waals surface area (Å²) in [7, 11) is -3.94. The van der Waals surface area contributed by atoms with E-state index >= 15 is 0 Å². The van der Waals surface area contributed by atoms with E-state index in [2.05, 4.69) is 15.4 Å². The highest BCUT2D eigenvalue weighted by Gasteiger charge is 2.19. The Morgan fingerprint density at radius 2 is 1.59 bits per heavy atom. The van der Waals surface area contributed by atoms with Gasteiger partial charge in [-0.2, -0.15) is 0 Å². The third-order valence-corrected chi connectivity index (χ3v) is 6.37. The zero-order valence-electron chi connectivity index (χ0n) is 17.3. The van der Waals surface area contributed by atoms with Crippen molar-refractivity contribution in [2.24, 2.45) is 0 Å². The maximum Gasteiger partial charge on any atom is 0.262 e. The van der Waals surface area contributed by atoms with Gasteiger partial charge in [-0.1, -0.05) is 60.1 Å². The van der Waals surface area contributed by atoms with Crippen LogP contribution < -0.4 is 15.4 Å². The van der Waals surface area contributed by atoms with Crippen LogP contribution in [0.4, 0.5) is 11.4 Å². The minimum absolute atomic E-state index is 0.00309. The predicted octanol–water partition coefficient (Wildman–Crippen LogP) is 3.75. The van der Waals surface area contributed by atoms with Crippen LogP contribution in [0.25, 0.3) is 0 Å². The fourth-order valence-corrected chi connectivity index (χ4v) is 4.53. The van der Waals surface area contributed by atoms with Crippen molar-refractivity contribution in [3.8, 4) is 0 Å². The molecule has 0 bridgehead atoms. The number of amides is 2. The highest BCUT2D eigenvalue weighted by atomic mass is 35.5. The second-order valence-electron chi connectivity index (χ2n) is 7.05. The van der Waals surface area contributed by atoms with Crippen molar-refractivity contribution in [2.45, 2.75) is 18.2 Å². The number of benzene rings is 3. The summed E-state index contributed by atoms with van der Waals surface area (Å²) in [6.07, 6.45) is 0.161. The standard InChI is InChI=1S/C23H22ClN3O4S/c1-16-11-12-18(14-21(16)32(30,31)27-20-10-6-5-9-19(20)24)26-23(29)15-25-22(28)13-17-7-3-2-4-8-17/h2-12,14,27H,13,15H2,1H3,(H,25,28)(H,26,29). The summed E-state index contributed by atoms with van der Waals surface area (Å²) in [6, 6.07) is 20.2. The smallest absolute Gasteiger partial charge is 0.262 e. The number of nitrogens with one attached hydrogen (secondary N) is 3. The number of carbonyl (C=O) groups excluding carboxylic acids is 2. The quantitative estimate of drug-likeness (QED) is 0.465. The summed E-state index contributed by atoms with van der Waals surface area (Å²) in [5, 5.41) is 5.42. The van der Waals surface area contributed by atoms with Gasteiger partial charge >= 0.3 is 0 Å². The number of anilines is 2. The molecule has 0 aliphatic rings. The molecule has 3 rings (SSSR count). The van der Waals surface area contributed by atoms with E-state index < -0.39 is 15.9 Å². The van der Waals surface area contributed by atoms with E-state index in [0.29, 0.717) is 5.56 Å². The Labute approximate surface area is 191 Å². The summed E-state index contributed by atoms with van der Waals surface area (Å²) in [6.45, 7) is 1.41. The monoisotopic (exact) mass is 471 g/mol. The number of para-hydroxylation sites is 1. The molecule has 0 spiro atoms. The zero-order chi connectivity index (χ0) is 23.1. The zero-order valence-corrected chi connectivity index (χ0v) is 18.8. The molecule has 0 unspecified atom stereocenters. The highest BCUT2D eigenvalue weighted by molar-refractivity contribution is 7.92. The highest BCUT2D eigenvalue weighted by Crippen LogP contribution is 2.26. The number of carbonyl (C=O) groups is 2. The Morgan fingerprint density at radius 3 is 2.31 bits per heavy atom. The Morgan fingerprint density at radius 1 is 0.906 bits per heavy atom. The first kappa shape index (κ1) is 23.3. The maximum absolute atomic E-state index is 12.9. The summed E-state index contributed by atoms with van der Waals surface area (Å²) in [5.41, 5.74) is 1.88. The molecule has 3 N–H and O–H groups in total. The van der Waals surface area contributed by atoms with Gasteiger partial charge in [0.05, 0.1) is 28.6 Å². The van der Waals surface area contributed by atoms with Gasteiger partial charge in [-0.3, -0.25) is 14.3 Å². The maximum atomic E-state index is 12.9. The average molecular weight is 472 g/mol. The first-order chi connectivity index (χ1) is 15.2. The Kier molecular flexibility index (Phi) is 7.50. The lowest BCUT2D eigenvalue weighted by Gasteiger charge is -2.13. The van der Waals surface area contributed by atoms with Gasteiger partial charge in [-0.15, -0.1) is 0 Å². The van der Waals surface area contributed by atoms with Crippen LogP contribution in [0.1, 0.15) is 11.1 Å². The average Bonchev–Trinajstić information content (AvgIpc) is 2.76. The number of hydrogen-bond donors (Lipinski definition) is 3. The van der Waals surface area contributed by atoms with Crippen LogP contribution in [-0.2, 0) is 26.0 Å². The SMILES string of the molecule is Cc1ccc(NC(=O)CNC(=O)Cc2ccccc2)cc1S(=O)(=O)Nc1ccccc1Cl. The molecule has 0 fully saturated rings. The van der Waals surface area contributed by atoms with E-state index in [1.807, 2.05) is 30.3 Å². The molecule has 0 aliphatic heterocycles. The Hall–Kier alpha value is -3.36. The summed E-state index contributed by atoms with van der Waals surface area (Å²) < 4.78 is 28.2.